The molecule has 0 aromatic carbocycles. The van der Waals surface area contributed by atoms with Gasteiger partial charge in [-0.25, -0.2) is 8.42 Å². The lowest BCUT2D eigenvalue weighted by atomic mass is 10.3. The van der Waals surface area contributed by atoms with Crippen LogP contribution in [0.5, 0.6) is 0 Å². The average Bonchev–Trinajstić information content (AvgIpc) is 2.73. The molecule has 1 aliphatic rings. The Bertz CT molecular complexity index is 498. The fourth-order valence-electron chi connectivity index (χ4n) is 2.14. The standard InChI is InChI=1S/C12H21N3O3S/c1-2-13-9-11-8-12(18-14-11)10-15-4-3-6-19(16,17)7-5-15/h8,13H,2-7,9-10H2,1H3. The molecule has 0 saturated carbocycles. The van der Waals surface area contributed by atoms with Crippen LogP contribution in [0, 0.1) is 0 Å². The molecule has 7 heteroatoms. The zero-order valence-corrected chi connectivity index (χ0v) is 12.1. The highest BCUT2D eigenvalue weighted by molar-refractivity contribution is 7.91. The van der Waals surface area contributed by atoms with Crippen molar-refractivity contribution in [1.82, 2.24) is 15.4 Å². The summed E-state index contributed by atoms with van der Waals surface area (Å²) in [5, 5.41) is 7.18. The van der Waals surface area contributed by atoms with Crippen molar-refractivity contribution in [2.45, 2.75) is 26.4 Å². The fraction of sp³-hybridized carbons (Fsp3) is 0.750. The first-order valence-corrected chi connectivity index (χ1v) is 8.49. The van der Waals surface area contributed by atoms with E-state index < -0.39 is 9.84 Å². The molecule has 1 aliphatic heterocycles. The normalized spacial score (nSPS) is 20.3. The Morgan fingerprint density at radius 2 is 2.26 bits per heavy atom. The first-order valence-electron chi connectivity index (χ1n) is 6.67. The van der Waals surface area contributed by atoms with Gasteiger partial charge in [0.15, 0.2) is 15.6 Å². The van der Waals surface area contributed by atoms with E-state index in [1.807, 2.05) is 13.0 Å². The summed E-state index contributed by atoms with van der Waals surface area (Å²) in [5.74, 6) is 1.34. The second-order valence-corrected chi connectivity index (χ2v) is 7.15. The molecule has 0 amide bonds. The quantitative estimate of drug-likeness (QED) is 0.845. The predicted octanol–water partition coefficient (Wildman–Crippen LogP) is 0.405. The second-order valence-electron chi connectivity index (χ2n) is 4.85. The number of sulfone groups is 1. The molecule has 2 heterocycles. The highest BCUT2D eigenvalue weighted by Gasteiger charge is 2.20. The van der Waals surface area contributed by atoms with Gasteiger partial charge in [0.05, 0.1) is 23.7 Å². The molecular formula is C12H21N3O3S. The third-order valence-corrected chi connectivity index (χ3v) is 4.91. The van der Waals surface area contributed by atoms with Gasteiger partial charge in [-0.05, 0) is 19.5 Å². The maximum Gasteiger partial charge on any atom is 0.151 e. The zero-order chi connectivity index (χ0) is 13.7. The van der Waals surface area contributed by atoms with Gasteiger partial charge in [0, 0.05) is 19.2 Å². The van der Waals surface area contributed by atoms with Crippen molar-refractivity contribution < 1.29 is 12.9 Å². The SMILES string of the molecule is CCNCc1cc(CN2CCCS(=O)(=O)CC2)on1. The predicted molar refractivity (Wildman–Crippen MR) is 72.4 cm³/mol. The third-order valence-electron chi connectivity index (χ3n) is 3.19. The number of nitrogens with zero attached hydrogens (tertiary/aromatic N) is 2. The van der Waals surface area contributed by atoms with Crippen LogP contribution in [0.15, 0.2) is 10.6 Å². The summed E-state index contributed by atoms with van der Waals surface area (Å²) in [6, 6.07) is 1.93. The van der Waals surface area contributed by atoms with Crippen molar-refractivity contribution in [2.24, 2.45) is 0 Å². The molecule has 1 aromatic heterocycles. The average molecular weight is 287 g/mol. The second kappa shape index (κ2) is 6.49. The number of hydrogen-bond acceptors (Lipinski definition) is 6. The van der Waals surface area contributed by atoms with Crippen LogP contribution in [-0.2, 0) is 22.9 Å². The van der Waals surface area contributed by atoms with Crippen LogP contribution >= 0.6 is 0 Å². The lowest BCUT2D eigenvalue weighted by molar-refractivity contribution is 0.245. The minimum absolute atomic E-state index is 0.241. The van der Waals surface area contributed by atoms with Crippen LogP contribution in [-0.4, -0.2) is 49.6 Å². The molecule has 19 heavy (non-hydrogen) atoms. The molecule has 0 atom stereocenters. The van der Waals surface area contributed by atoms with Gasteiger partial charge in [0.25, 0.3) is 0 Å². The van der Waals surface area contributed by atoms with E-state index in [1.165, 1.54) is 0 Å². The van der Waals surface area contributed by atoms with Crippen LogP contribution in [0.1, 0.15) is 24.8 Å². The Balaban J connectivity index is 1.88. The van der Waals surface area contributed by atoms with Gasteiger partial charge in [0.2, 0.25) is 0 Å². The summed E-state index contributed by atoms with van der Waals surface area (Å²) < 4.78 is 28.3. The van der Waals surface area contributed by atoms with Gasteiger partial charge in [-0.3, -0.25) is 4.90 Å². The Kier molecular flexibility index (Phi) is 4.95. The van der Waals surface area contributed by atoms with E-state index in [1.54, 1.807) is 0 Å². The Labute approximate surface area is 114 Å². The fourth-order valence-corrected chi connectivity index (χ4v) is 3.44. The maximum atomic E-state index is 11.5. The molecule has 0 unspecified atom stereocenters. The smallest absolute Gasteiger partial charge is 0.151 e. The van der Waals surface area contributed by atoms with Gasteiger partial charge in [-0.1, -0.05) is 12.1 Å². The first-order chi connectivity index (χ1) is 9.09. The molecule has 0 spiro atoms. The molecule has 0 bridgehead atoms. The van der Waals surface area contributed by atoms with E-state index in [4.69, 9.17) is 4.52 Å². The third kappa shape index (κ3) is 4.59. The molecule has 1 aromatic rings. The summed E-state index contributed by atoms with van der Waals surface area (Å²) >= 11 is 0. The van der Waals surface area contributed by atoms with Crippen molar-refractivity contribution in [2.75, 3.05) is 31.1 Å². The van der Waals surface area contributed by atoms with Crippen molar-refractivity contribution in [3.63, 3.8) is 0 Å². The van der Waals surface area contributed by atoms with Crippen LogP contribution in [0.3, 0.4) is 0 Å². The van der Waals surface area contributed by atoms with Crippen molar-refractivity contribution >= 4 is 9.84 Å². The summed E-state index contributed by atoms with van der Waals surface area (Å²) in [5.41, 5.74) is 0.888. The number of hydrogen-bond donors (Lipinski definition) is 1. The molecule has 1 saturated heterocycles. The van der Waals surface area contributed by atoms with E-state index >= 15 is 0 Å². The van der Waals surface area contributed by atoms with Crippen molar-refractivity contribution in [3.8, 4) is 0 Å². The lowest BCUT2D eigenvalue weighted by Crippen LogP contribution is -2.26. The highest BCUT2D eigenvalue weighted by Crippen LogP contribution is 2.11. The largest absolute Gasteiger partial charge is 0.360 e. The minimum atomic E-state index is -2.85. The van der Waals surface area contributed by atoms with E-state index in [2.05, 4.69) is 15.4 Å². The van der Waals surface area contributed by atoms with Gasteiger partial charge in [-0.2, -0.15) is 0 Å². The topological polar surface area (TPSA) is 75.4 Å². The van der Waals surface area contributed by atoms with Gasteiger partial charge in [0.1, 0.15) is 0 Å². The highest BCUT2D eigenvalue weighted by atomic mass is 32.2. The maximum absolute atomic E-state index is 11.5. The summed E-state index contributed by atoms with van der Waals surface area (Å²) in [6.45, 7) is 5.64. The van der Waals surface area contributed by atoms with E-state index in [0.717, 1.165) is 24.5 Å². The van der Waals surface area contributed by atoms with Gasteiger partial charge >= 0.3 is 0 Å². The Hall–Kier alpha value is -0.920. The zero-order valence-electron chi connectivity index (χ0n) is 11.3. The minimum Gasteiger partial charge on any atom is -0.360 e. The Morgan fingerprint density at radius 3 is 3.05 bits per heavy atom. The monoisotopic (exact) mass is 287 g/mol. The van der Waals surface area contributed by atoms with Crippen molar-refractivity contribution in [1.29, 1.82) is 0 Å². The van der Waals surface area contributed by atoms with Crippen molar-refractivity contribution in [3.05, 3.63) is 17.5 Å². The molecule has 2 rings (SSSR count). The summed E-state index contributed by atoms with van der Waals surface area (Å²) in [7, 11) is -2.85. The number of aromatic nitrogens is 1. The van der Waals surface area contributed by atoms with Crippen LogP contribution < -0.4 is 5.32 Å². The lowest BCUT2D eigenvalue weighted by Gasteiger charge is -2.16. The molecule has 1 fully saturated rings. The van der Waals surface area contributed by atoms with Crippen LogP contribution in [0.25, 0.3) is 0 Å². The van der Waals surface area contributed by atoms with E-state index in [9.17, 15) is 8.42 Å². The molecule has 6 nitrogen and oxygen atoms in total. The van der Waals surface area contributed by atoms with E-state index in [-0.39, 0.29) is 5.75 Å². The summed E-state index contributed by atoms with van der Waals surface area (Å²) in [6.07, 6.45) is 0.695. The summed E-state index contributed by atoms with van der Waals surface area (Å²) in [4.78, 5) is 2.11. The molecular weight excluding hydrogens is 266 g/mol. The Morgan fingerprint density at radius 1 is 1.42 bits per heavy atom. The van der Waals surface area contributed by atoms with Crippen LogP contribution in [0.2, 0.25) is 0 Å². The first kappa shape index (κ1) is 14.5. The van der Waals surface area contributed by atoms with E-state index in [0.29, 0.717) is 31.8 Å². The molecule has 0 aliphatic carbocycles. The van der Waals surface area contributed by atoms with Gasteiger partial charge in [-0.15, -0.1) is 0 Å². The van der Waals surface area contributed by atoms with Crippen LogP contribution in [0.4, 0.5) is 0 Å². The molecule has 1 N–H and O–H groups in total. The number of rotatable bonds is 5. The molecule has 108 valence electrons. The number of nitrogens with one attached hydrogen (secondary N) is 1. The molecule has 0 radical (unpaired) electrons. The van der Waals surface area contributed by atoms with Gasteiger partial charge < -0.3 is 9.84 Å².